The molecule has 1 fully saturated rings. The van der Waals surface area contributed by atoms with Gasteiger partial charge < -0.3 is 16.2 Å². The molecule has 108 valence electrons. The SMILES string of the molecule is NC(=O)C1CCC(NCc2ccccc2C(=O)O)CC1. The van der Waals surface area contributed by atoms with E-state index < -0.39 is 5.97 Å². The first-order valence-electron chi connectivity index (χ1n) is 6.92. The number of hydrogen-bond donors (Lipinski definition) is 3. The first-order chi connectivity index (χ1) is 9.58. The largest absolute Gasteiger partial charge is 0.478 e. The van der Waals surface area contributed by atoms with Crippen molar-refractivity contribution in [3.8, 4) is 0 Å². The van der Waals surface area contributed by atoms with Crippen molar-refractivity contribution in [1.29, 1.82) is 0 Å². The van der Waals surface area contributed by atoms with Crippen molar-refractivity contribution >= 4 is 11.9 Å². The predicted octanol–water partition coefficient (Wildman–Crippen LogP) is 1.52. The molecule has 0 radical (unpaired) electrons. The molecule has 1 aromatic carbocycles. The number of nitrogens with two attached hydrogens (primary N) is 1. The van der Waals surface area contributed by atoms with Gasteiger partial charge in [-0.3, -0.25) is 4.79 Å². The average molecular weight is 276 g/mol. The summed E-state index contributed by atoms with van der Waals surface area (Å²) in [6, 6.07) is 7.33. The van der Waals surface area contributed by atoms with Crippen molar-refractivity contribution in [2.45, 2.75) is 38.3 Å². The average Bonchev–Trinajstić information content (AvgIpc) is 2.45. The molecule has 0 aromatic heterocycles. The van der Waals surface area contributed by atoms with Gasteiger partial charge in [0.1, 0.15) is 0 Å². The van der Waals surface area contributed by atoms with E-state index in [0.717, 1.165) is 31.2 Å². The van der Waals surface area contributed by atoms with E-state index in [1.54, 1.807) is 12.1 Å². The van der Waals surface area contributed by atoms with Gasteiger partial charge in [0.2, 0.25) is 5.91 Å². The van der Waals surface area contributed by atoms with Gasteiger partial charge in [0.05, 0.1) is 5.56 Å². The number of hydrogen-bond acceptors (Lipinski definition) is 3. The zero-order chi connectivity index (χ0) is 14.5. The third-order valence-electron chi connectivity index (χ3n) is 3.96. The minimum Gasteiger partial charge on any atom is -0.478 e. The second kappa shape index (κ2) is 6.52. The summed E-state index contributed by atoms with van der Waals surface area (Å²) in [7, 11) is 0. The van der Waals surface area contributed by atoms with Crippen LogP contribution in [0.3, 0.4) is 0 Å². The molecule has 1 saturated carbocycles. The molecule has 0 atom stereocenters. The van der Waals surface area contributed by atoms with Gasteiger partial charge in [0, 0.05) is 18.5 Å². The van der Waals surface area contributed by atoms with E-state index in [9.17, 15) is 9.59 Å². The number of carboxylic acid groups (broad SMARTS) is 1. The Labute approximate surface area is 118 Å². The molecule has 0 unspecified atom stereocenters. The molecule has 0 heterocycles. The van der Waals surface area contributed by atoms with Crippen molar-refractivity contribution < 1.29 is 14.7 Å². The van der Waals surface area contributed by atoms with Crippen LogP contribution in [-0.2, 0) is 11.3 Å². The Morgan fingerprint density at radius 3 is 2.45 bits per heavy atom. The van der Waals surface area contributed by atoms with Crippen molar-refractivity contribution in [2.75, 3.05) is 0 Å². The fraction of sp³-hybridized carbons (Fsp3) is 0.467. The summed E-state index contributed by atoms with van der Waals surface area (Å²) in [6.07, 6.45) is 3.44. The Kier molecular flexibility index (Phi) is 4.74. The molecule has 1 aromatic rings. The first-order valence-corrected chi connectivity index (χ1v) is 6.92. The Hall–Kier alpha value is -1.88. The zero-order valence-electron chi connectivity index (χ0n) is 11.3. The van der Waals surface area contributed by atoms with Gasteiger partial charge >= 0.3 is 5.97 Å². The predicted molar refractivity (Wildman–Crippen MR) is 75.2 cm³/mol. The van der Waals surface area contributed by atoms with Gasteiger partial charge in [0.25, 0.3) is 0 Å². The number of amides is 1. The number of nitrogens with one attached hydrogen (secondary N) is 1. The van der Waals surface area contributed by atoms with E-state index in [1.165, 1.54) is 0 Å². The third-order valence-corrected chi connectivity index (χ3v) is 3.96. The zero-order valence-corrected chi connectivity index (χ0v) is 11.3. The lowest BCUT2D eigenvalue weighted by atomic mass is 9.85. The Bertz CT molecular complexity index is 494. The van der Waals surface area contributed by atoms with E-state index in [0.29, 0.717) is 18.2 Å². The number of carbonyl (C=O) groups excluding carboxylic acids is 1. The van der Waals surface area contributed by atoms with Crippen LogP contribution in [0.25, 0.3) is 0 Å². The summed E-state index contributed by atoms with van der Waals surface area (Å²) >= 11 is 0. The minimum atomic E-state index is -0.903. The summed E-state index contributed by atoms with van der Waals surface area (Å²) in [5.74, 6) is -1.11. The van der Waals surface area contributed by atoms with Crippen LogP contribution in [0.1, 0.15) is 41.6 Å². The number of aromatic carboxylic acids is 1. The molecule has 0 bridgehead atoms. The highest BCUT2D eigenvalue weighted by atomic mass is 16.4. The molecule has 1 aliphatic rings. The molecule has 0 aliphatic heterocycles. The molecule has 5 heteroatoms. The highest BCUT2D eigenvalue weighted by Crippen LogP contribution is 2.24. The number of benzene rings is 1. The highest BCUT2D eigenvalue weighted by molar-refractivity contribution is 5.89. The summed E-state index contributed by atoms with van der Waals surface area (Å²) in [6.45, 7) is 0.536. The molecule has 20 heavy (non-hydrogen) atoms. The summed E-state index contributed by atoms with van der Waals surface area (Å²) in [5, 5.41) is 12.5. The first kappa shape index (κ1) is 14.5. The fourth-order valence-electron chi connectivity index (χ4n) is 2.72. The van der Waals surface area contributed by atoms with Crippen LogP contribution in [0.5, 0.6) is 0 Å². The maximum absolute atomic E-state index is 11.1. The van der Waals surface area contributed by atoms with Gasteiger partial charge in [0.15, 0.2) is 0 Å². The van der Waals surface area contributed by atoms with Gasteiger partial charge in [-0.05, 0) is 37.3 Å². The monoisotopic (exact) mass is 276 g/mol. The van der Waals surface area contributed by atoms with Crippen LogP contribution < -0.4 is 11.1 Å². The lowest BCUT2D eigenvalue weighted by molar-refractivity contribution is -0.122. The topological polar surface area (TPSA) is 92.4 Å². The van der Waals surface area contributed by atoms with E-state index in [2.05, 4.69) is 5.32 Å². The van der Waals surface area contributed by atoms with Crippen LogP contribution in [0.4, 0.5) is 0 Å². The second-order valence-corrected chi connectivity index (χ2v) is 5.29. The summed E-state index contributed by atoms with van der Waals surface area (Å²) < 4.78 is 0. The number of carbonyl (C=O) groups is 2. The molecule has 5 nitrogen and oxygen atoms in total. The molecule has 2 rings (SSSR count). The quantitative estimate of drug-likeness (QED) is 0.760. The van der Waals surface area contributed by atoms with Crippen LogP contribution in [0.15, 0.2) is 24.3 Å². The molecular formula is C15H20N2O3. The molecule has 4 N–H and O–H groups in total. The van der Waals surface area contributed by atoms with E-state index in [1.807, 2.05) is 12.1 Å². The molecule has 0 saturated heterocycles. The maximum Gasteiger partial charge on any atom is 0.336 e. The fourth-order valence-corrected chi connectivity index (χ4v) is 2.72. The molecule has 1 amide bonds. The Morgan fingerprint density at radius 1 is 1.20 bits per heavy atom. The summed E-state index contributed by atoms with van der Waals surface area (Å²) in [5.41, 5.74) is 6.43. The minimum absolute atomic E-state index is 0.000596. The molecular weight excluding hydrogens is 256 g/mol. The molecule has 0 spiro atoms. The van der Waals surface area contributed by atoms with Crippen molar-refractivity contribution in [3.05, 3.63) is 35.4 Å². The van der Waals surface area contributed by atoms with Gasteiger partial charge in [-0.15, -0.1) is 0 Å². The van der Waals surface area contributed by atoms with Crippen molar-refractivity contribution in [3.63, 3.8) is 0 Å². The standard InChI is InChI=1S/C15H20N2O3/c16-14(18)10-5-7-12(8-6-10)17-9-11-3-1-2-4-13(11)15(19)20/h1-4,10,12,17H,5-9H2,(H2,16,18)(H,19,20). The highest BCUT2D eigenvalue weighted by Gasteiger charge is 2.24. The second-order valence-electron chi connectivity index (χ2n) is 5.29. The van der Waals surface area contributed by atoms with Crippen molar-refractivity contribution in [2.24, 2.45) is 11.7 Å². The smallest absolute Gasteiger partial charge is 0.336 e. The lowest BCUT2D eigenvalue weighted by Crippen LogP contribution is -2.36. The van der Waals surface area contributed by atoms with Gasteiger partial charge in [-0.1, -0.05) is 18.2 Å². The van der Waals surface area contributed by atoms with Crippen LogP contribution >= 0.6 is 0 Å². The molecule has 1 aliphatic carbocycles. The number of carboxylic acids is 1. The Balaban J connectivity index is 1.88. The van der Waals surface area contributed by atoms with Crippen LogP contribution in [0.2, 0.25) is 0 Å². The van der Waals surface area contributed by atoms with Gasteiger partial charge in [-0.25, -0.2) is 4.79 Å². The number of rotatable bonds is 5. The Morgan fingerprint density at radius 2 is 1.85 bits per heavy atom. The van der Waals surface area contributed by atoms with Crippen LogP contribution in [-0.4, -0.2) is 23.0 Å². The normalized spacial score (nSPS) is 22.4. The van der Waals surface area contributed by atoms with Crippen molar-refractivity contribution in [1.82, 2.24) is 5.32 Å². The summed E-state index contributed by atoms with van der Waals surface area (Å²) in [4.78, 5) is 22.2. The van der Waals surface area contributed by atoms with E-state index >= 15 is 0 Å². The van der Waals surface area contributed by atoms with Crippen LogP contribution in [0, 0.1) is 5.92 Å². The lowest BCUT2D eigenvalue weighted by Gasteiger charge is -2.27. The number of primary amides is 1. The maximum atomic E-state index is 11.1. The van der Waals surface area contributed by atoms with Gasteiger partial charge in [-0.2, -0.15) is 0 Å². The third kappa shape index (κ3) is 3.57. The van der Waals surface area contributed by atoms with E-state index in [4.69, 9.17) is 10.8 Å². The van der Waals surface area contributed by atoms with E-state index in [-0.39, 0.29) is 11.8 Å².